The van der Waals surface area contributed by atoms with Crippen LogP contribution in [0.15, 0.2) is 54.9 Å². The third kappa shape index (κ3) is 5.52. The van der Waals surface area contributed by atoms with Crippen molar-refractivity contribution in [1.82, 2.24) is 14.8 Å². The van der Waals surface area contributed by atoms with Gasteiger partial charge in [0.2, 0.25) is 5.91 Å². The summed E-state index contributed by atoms with van der Waals surface area (Å²) in [5, 5.41) is 0. The molecule has 3 rings (SSSR count). The minimum absolute atomic E-state index is 0.0876. The topological polar surface area (TPSA) is 54.9 Å². The molecule has 1 fully saturated rings. The van der Waals surface area contributed by atoms with Crippen molar-refractivity contribution in [1.29, 1.82) is 0 Å². The van der Waals surface area contributed by atoms with Crippen molar-refractivity contribution in [2.75, 3.05) is 46.5 Å². The van der Waals surface area contributed by atoms with Gasteiger partial charge in [0.05, 0.1) is 19.8 Å². The van der Waals surface area contributed by atoms with Crippen LogP contribution < -0.4 is 4.74 Å². The van der Waals surface area contributed by atoms with E-state index in [0.29, 0.717) is 26.4 Å². The van der Waals surface area contributed by atoms with Crippen LogP contribution in [-0.2, 0) is 9.53 Å². The molecule has 0 bridgehead atoms. The van der Waals surface area contributed by atoms with Crippen LogP contribution in [0.4, 0.5) is 0 Å². The van der Waals surface area contributed by atoms with Crippen LogP contribution in [0.25, 0.3) is 0 Å². The predicted octanol–water partition coefficient (Wildman–Crippen LogP) is 2.38. The van der Waals surface area contributed by atoms with E-state index < -0.39 is 0 Å². The maximum absolute atomic E-state index is 13.2. The van der Waals surface area contributed by atoms with Crippen molar-refractivity contribution in [3.63, 3.8) is 0 Å². The maximum Gasteiger partial charge on any atom is 0.244 e. The Hall–Kier alpha value is -2.44. The van der Waals surface area contributed by atoms with Crippen LogP contribution in [0.3, 0.4) is 0 Å². The first-order chi connectivity index (χ1) is 13.3. The zero-order chi connectivity index (χ0) is 18.9. The Kier molecular flexibility index (Phi) is 7.19. The largest absolute Gasteiger partial charge is 0.494 e. The molecule has 0 spiro atoms. The number of likely N-dealkylation sites (N-methyl/N-ethyl adjacent to an activating group) is 1. The van der Waals surface area contributed by atoms with Crippen LogP contribution >= 0.6 is 0 Å². The lowest BCUT2D eigenvalue weighted by Crippen LogP contribution is -2.46. The highest BCUT2D eigenvalue weighted by atomic mass is 16.5. The summed E-state index contributed by atoms with van der Waals surface area (Å²) in [5.74, 6) is 0.942. The number of hydrogen-bond acceptors (Lipinski definition) is 5. The molecule has 6 heteroatoms. The Morgan fingerprint density at radius 3 is 2.70 bits per heavy atom. The van der Waals surface area contributed by atoms with Crippen LogP contribution in [-0.4, -0.2) is 67.2 Å². The van der Waals surface area contributed by atoms with E-state index in [0.717, 1.165) is 30.8 Å². The highest BCUT2D eigenvalue weighted by Gasteiger charge is 2.31. The van der Waals surface area contributed by atoms with Gasteiger partial charge in [0.1, 0.15) is 11.8 Å². The smallest absolute Gasteiger partial charge is 0.244 e. The number of carbonyl (C=O) groups is 1. The normalized spacial score (nSPS) is 15.9. The first-order valence-electron chi connectivity index (χ1n) is 9.40. The molecule has 1 unspecified atom stereocenters. The number of para-hydroxylation sites is 1. The zero-order valence-electron chi connectivity index (χ0n) is 15.8. The molecule has 0 radical (unpaired) electrons. The minimum Gasteiger partial charge on any atom is -0.494 e. The Labute approximate surface area is 160 Å². The number of morpholine rings is 1. The molecule has 1 aromatic carbocycles. The summed E-state index contributed by atoms with van der Waals surface area (Å²) in [7, 11) is 1.86. The van der Waals surface area contributed by atoms with Crippen molar-refractivity contribution < 1.29 is 14.3 Å². The highest BCUT2D eigenvalue weighted by molar-refractivity contribution is 5.83. The van der Waals surface area contributed by atoms with E-state index in [2.05, 4.69) is 9.88 Å². The van der Waals surface area contributed by atoms with Crippen molar-refractivity contribution in [3.8, 4) is 5.75 Å². The van der Waals surface area contributed by atoms with Gasteiger partial charge in [-0.15, -0.1) is 0 Å². The lowest BCUT2D eigenvalue weighted by Gasteiger charge is -2.35. The average molecular weight is 369 g/mol. The van der Waals surface area contributed by atoms with E-state index in [9.17, 15) is 4.79 Å². The summed E-state index contributed by atoms with van der Waals surface area (Å²) in [6.45, 7) is 4.02. The number of aromatic nitrogens is 1. The third-order valence-electron chi connectivity index (χ3n) is 4.67. The number of amides is 1. The number of pyridine rings is 1. The average Bonchev–Trinajstić information content (AvgIpc) is 2.73. The Morgan fingerprint density at radius 2 is 2.00 bits per heavy atom. The molecule has 6 nitrogen and oxygen atoms in total. The van der Waals surface area contributed by atoms with E-state index in [1.807, 2.05) is 49.5 Å². The standard InChI is InChI=1S/C21H27N3O3/c1-23(11-6-14-27-19-8-3-2-4-9-19)21(25)20(18-7-5-10-22-17-18)24-12-15-26-16-13-24/h2-5,7-10,17,20H,6,11-16H2,1H3. The molecular formula is C21H27N3O3. The molecule has 0 aliphatic carbocycles. The predicted molar refractivity (Wildman–Crippen MR) is 104 cm³/mol. The molecule has 1 atom stereocenters. The number of carbonyl (C=O) groups excluding carboxylic acids is 1. The van der Waals surface area contributed by atoms with Gasteiger partial charge in [-0.3, -0.25) is 14.7 Å². The van der Waals surface area contributed by atoms with E-state index in [-0.39, 0.29) is 11.9 Å². The van der Waals surface area contributed by atoms with Crippen molar-refractivity contribution in [3.05, 3.63) is 60.4 Å². The summed E-state index contributed by atoms with van der Waals surface area (Å²) in [4.78, 5) is 21.4. The molecule has 27 heavy (non-hydrogen) atoms. The van der Waals surface area contributed by atoms with Gasteiger partial charge < -0.3 is 14.4 Å². The quantitative estimate of drug-likeness (QED) is 0.669. The van der Waals surface area contributed by atoms with Gasteiger partial charge in [-0.1, -0.05) is 24.3 Å². The fourth-order valence-electron chi connectivity index (χ4n) is 3.21. The molecule has 2 aromatic rings. The SMILES string of the molecule is CN(CCCOc1ccccc1)C(=O)C(c1cccnc1)N1CCOCC1. The second kappa shape index (κ2) is 10.0. The molecule has 1 saturated heterocycles. The second-order valence-electron chi connectivity index (χ2n) is 6.61. The van der Waals surface area contributed by atoms with E-state index in [1.54, 1.807) is 17.3 Å². The molecule has 1 aliphatic rings. The van der Waals surface area contributed by atoms with Crippen LogP contribution in [0.5, 0.6) is 5.75 Å². The first-order valence-corrected chi connectivity index (χ1v) is 9.40. The summed E-state index contributed by atoms with van der Waals surface area (Å²) >= 11 is 0. The number of benzene rings is 1. The van der Waals surface area contributed by atoms with Gasteiger partial charge in [0.15, 0.2) is 0 Å². The van der Waals surface area contributed by atoms with E-state index in [4.69, 9.17) is 9.47 Å². The Bertz CT molecular complexity index is 690. The number of ether oxygens (including phenoxy) is 2. The van der Waals surface area contributed by atoms with Crippen molar-refractivity contribution >= 4 is 5.91 Å². The summed E-state index contributed by atoms with van der Waals surface area (Å²) in [6, 6.07) is 13.3. The van der Waals surface area contributed by atoms with Gasteiger partial charge in [-0.05, 0) is 30.2 Å². The Morgan fingerprint density at radius 1 is 1.22 bits per heavy atom. The Balaban J connectivity index is 1.57. The third-order valence-corrected chi connectivity index (χ3v) is 4.67. The fourth-order valence-corrected chi connectivity index (χ4v) is 3.21. The molecule has 144 valence electrons. The van der Waals surface area contributed by atoms with Gasteiger partial charge in [0, 0.05) is 39.1 Å². The highest BCUT2D eigenvalue weighted by Crippen LogP contribution is 2.23. The molecular weight excluding hydrogens is 342 g/mol. The minimum atomic E-state index is -0.317. The molecule has 0 N–H and O–H groups in total. The molecule has 1 aromatic heterocycles. The van der Waals surface area contributed by atoms with Crippen molar-refractivity contribution in [2.45, 2.75) is 12.5 Å². The summed E-state index contributed by atoms with van der Waals surface area (Å²) in [6.07, 6.45) is 4.29. The van der Waals surface area contributed by atoms with Crippen LogP contribution in [0.1, 0.15) is 18.0 Å². The molecule has 2 heterocycles. The number of nitrogens with zero attached hydrogens (tertiary/aromatic N) is 3. The second-order valence-corrected chi connectivity index (χ2v) is 6.61. The van der Waals surface area contributed by atoms with E-state index in [1.165, 1.54) is 0 Å². The van der Waals surface area contributed by atoms with Gasteiger partial charge >= 0.3 is 0 Å². The molecule has 1 aliphatic heterocycles. The molecule has 1 amide bonds. The maximum atomic E-state index is 13.2. The lowest BCUT2D eigenvalue weighted by atomic mass is 10.1. The number of hydrogen-bond donors (Lipinski definition) is 0. The summed E-state index contributed by atoms with van der Waals surface area (Å²) < 4.78 is 11.2. The lowest BCUT2D eigenvalue weighted by molar-refractivity contribution is -0.138. The first kappa shape index (κ1) is 19.3. The van der Waals surface area contributed by atoms with E-state index >= 15 is 0 Å². The summed E-state index contributed by atoms with van der Waals surface area (Å²) in [5.41, 5.74) is 0.928. The van der Waals surface area contributed by atoms with Gasteiger partial charge in [-0.2, -0.15) is 0 Å². The van der Waals surface area contributed by atoms with Crippen LogP contribution in [0.2, 0.25) is 0 Å². The molecule has 0 saturated carbocycles. The fraction of sp³-hybridized carbons (Fsp3) is 0.429. The van der Waals surface area contributed by atoms with Gasteiger partial charge in [-0.25, -0.2) is 0 Å². The van der Waals surface area contributed by atoms with Gasteiger partial charge in [0.25, 0.3) is 0 Å². The monoisotopic (exact) mass is 369 g/mol. The zero-order valence-corrected chi connectivity index (χ0v) is 15.8. The van der Waals surface area contributed by atoms with Crippen LogP contribution in [0, 0.1) is 0 Å². The number of rotatable bonds is 8. The van der Waals surface area contributed by atoms with Crippen molar-refractivity contribution in [2.24, 2.45) is 0 Å².